The maximum Gasteiger partial charge on any atom is 0.239 e. The third-order valence-corrected chi connectivity index (χ3v) is 5.03. The zero-order valence-corrected chi connectivity index (χ0v) is 13.4. The molecular formula is C13H27N3O3S. The van der Waals surface area contributed by atoms with Crippen molar-refractivity contribution in [3.05, 3.63) is 0 Å². The van der Waals surface area contributed by atoms with E-state index in [1.165, 1.54) is 0 Å². The van der Waals surface area contributed by atoms with Gasteiger partial charge in [0.2, 0.25) is 15.9 Å². The summed E-state index contributed by atoms with van der Waals surface area (Å²) < 4.78 is 25.7. The van der Waals surface area contributed by atoms with Crippen molar-refractivity contribution < 1.29 is 13.2 Å². The van der Waals surface area contributed by atoms with E-state index in [1.807, 2.05) is 13.8 Å². The Balaban J connectivity index is 2.44. The number of rotatable bonds is 6. The smallest absolute Gasteiger partial charge is 0.239 e. The third-order valence-electron chi connectivity index (χ3n) is 3.58. The van der Waals surface area contributed by atoms with Gasteiger partial charge in [-0.2, -0.15) is 0 Å². The van der Waals surface area contributed by atoms with Gasteiger partial charge in [-0.05, 0) is 32.1 Å². The molecule has 20 heavy (non-hydrogen) atoms. The second kappa shape index (κ2) is 7.38. The molecule has 0 aliphatic carbocycles. The molecule has 0 aromatic rings. The van der Waals surface area contributed by atoms with Gasteiger partial charge < -0.3 is 10.6 Å². The van der Waals surface area contributed by atoms with E-state index in [0.717, 1.165) is 0 Å². The molecule has 0 spiro atoms. The van der Waals surface area contributed by atoms with Crippen LogP contribution in [0.4, 0.5) is 0 Å². The molecule has 1 saturated heterocycles. The van der Waals surface area contributed by atoms with Gasteiger partial charge in [0.1, 0.15) is 0 Å². The molecule has 6 nitrogen and oxygen atoms in total. The minimum atomic E-state index is -3.17. The lowest BCUT2D eigenvalue weighted by molar-refractivity contribution is -0.134. The molecule has 1 amide bonds. The van der Waals surface area contributed by atoms with Crippen LogP contribution in [0.3, 0.4) is 0 Å². The van der Waals surface area contributed by atoms with Gasteiger partial charge in [-0.25, -0.2) is 13.1 Å². The Bertz CT molecular complexity index is 415. The highest BCUT2D eigenvalue weighted by atomic mass is 32.2. The lowest BCUT2D eigenvalue weighted by atomic mass is 10.0. The third kappa shape index (κ3) is 5.38. The molecule has 0 aromatic carbocycles. The molecule has 0 bridgehead atoms. The van der Waals surface area contributed by atoms with Crippen molar-refractivity contribution in [3.63, 3.8) is 0 Å². The van der Waals surface area contributed by atoms with Crippen LogP contribution in [0.15, 0.2) is 0 Å². The monoisotopic (exact) mass is 305 g/mol. The van der Waals surface area contributed by atoms with Gasteiger partial charge in [-0.1, -0.05) is 13.8 Å². The summed E-state index contributed by atoms with van der Waals surface area (Å²) in [6.07, 6.45) is 1.99. The predicted molar refractivity (Wildman–Crippen MR) is 79.6 cm³/mol. The molecule has 1 fully saturated rings. The standard InChI is InChI=1S/C13H27N3O3S/c1-4-20(18,19)15-11-5-7-16(8-6-11)13(17)12(14)9-10(2)3/h10-12,15H,4-9,14H2,1-3H3. The maximum atomic E-state index is 12.1. The Labute approximate surface area is 122 Å². The number of piperidine rings is 1. The summed E-state index contributed by atoms with van der Waals surface area (Å²) in [5.74, 6) is 0.462. The van der Waals surface area contributed by atoms with Crippen LogP contribution in [-0.4, -0.2) is 50.2 Å². The zero-order chi connectivity index (χ0) is 15.3. The average molecular weight is 305 g/mol. The van der Waals surface area contributed by atoms with E-state index >= 15 is 0 Å². The number of nitrogens with zero attached hydrogens (tertiary/aromatic N) is 1. The molecule has 0 radical (unpaired) electrons. The van der Waals surface area contributed by atoms with Crippen molar-refractivity contribution >= 4 is 15.9 Å². The number of likely N-dealkylation sites (tertiary alicyclic amines) is 1. The summed E-state index contributed by atoms with van der Waals surface area (Å²) in [7, 11) is -3.17. The van der Waals surface area contributed by atoms with Gasteiger partial charge in [0.25, 0.3) is 0 Å². The molecule has 1 atom stereocenters. The van der Waals surface area contributed by atoms with Gasteiger partial charge in [-0.15, -0.1) is 0 Å². The minimum Gasteiger partial charge on any atom is -0.341 e. The summed E-state index contributed by atoms with van der Waals surface area (Å²) in [5, 5.41) is 0. The Morgan fingerprint density at radius 3 is 2.35 bits per heavy atom. The first-order chi connectivity index (χ1) is 9.25. The van der Waals surface area contributed by atoms with Gasteiger partial charge in [0.05, 0.1) is 11.8 Å². The summed E-state index contributed by atoms with van der Waals surface area (Å²) in [6, 6.07) is -0.510. The first-order valence-electron chi connectivity index (χ1n) is 7.29. The summed E-state index contributed by atoms with van der Waals surface area (Å²) >= 11 is 0. The number of hydrogen-bond acceptors (Lipinski definition) is 4. The molecule has 7 heteroatoms. The van der Waals surface area contributed by atoms with E-state index in [4.69, 9.17) is 5.73 Å². The second-order valence-corrected chi connectivity index (χ2v) is 7.90. The van der Waals surface area contributed by atoms with Crippen molar-refractivity contribution in [1.29, 1.82) is 0 Å². The van der Waals surface area contributed by atoms with Crippen LogP contribution in [0.2, 0.25) is 0 Å². The van der Waals surface area contributed by atoms with Crippen LogP contribution in [0.1, 0.15) is 40.0 Å². The van der Waals surface area contributed by atoms with Gasteiger partial charge in [0.15, 0.2) is 0 Å². The molecule has 1 aliphatic rings. The van der Waals surface area contributed by atoms with E-state index in [9.17, 15) is 13.2 Å². The Morgan fingerprint density at radius 2 is 1.90 bits per heavy atom. The lowest BCUT2D eigenvalue weighted by Crippen LogP contribution is -2.51. The van der Waals surface area contributed by atoms with Gasteiger partial charge in [-0.3, -0.25) is 4.79 Å². The van der Waals surface area contributed by atoms with Crippen LogP contribution in [0, 0.1) is 5.92 Å². The van der Waals surface area contributed by atoms with Crippen molar-refractivity contribution in [2.24, 2.45) is 11.7 Å². The van der Waals surface area contributed by atoms with E-state index < -0.39 is 16.1 Å². The second-order valence-electron chi connectivity index (χ2n) is 5.86. The van der Waals surface area contributed by atoms with Crippen molar-refractivity contribution in [2.45, 2.75) is 52.1 Å². The van der Waals surface area contributed by atoms with Crippen molar-refractivity contribution in [1.82, 2.24) is 9.62 Å². The number of nitrogens with two attached hydrogens (primary N) is 1. The largest absolute Gasteiger partial charge is 0.341 e. The summed E-state index contributed by atoms with van der Waals surface area (Å²) in [5.41, 5.74) is 5.90. The van der Waals surface area contributed by atoms with Crippen LogP contribution >= 0.6 is 0 Å². The van der Waals surface area contributed by atoms with Gasteiger partial charge in [0, 0.05) is 19.1 Å². The highest BCUT2D eigenvalue weighted by Crippen LogP contribution is 2.14. The highest BCUT2D eigenvalue weighted by Gasteiger charge is 2.28. The van der Waals surface area contributed by atoms with E-state index in [0.29, 0.717) is 38.3 Å². The van der Waals surface area contributed by atoms with Crippen molar-refractivity contribution in [2.75, 3.05) is 18.8 Å². The highest BCUT2D eigenvalue weighted by molar-refractivity contribution is 7.89. The number of sulfonamides is 1. The molecule has 0 aromatic heterocycles. The van der Waals surface area contributed by atoms with E-state index in [2.05, 4.69) is 4.72 Å². The molecule has 3 N–H and O–H groups in total. The van der Waals surface area contributed by atoms with Crippen molar-refractivity contribution in [3.8, 4) is 0 Å². The summed E-state index contributed by atoms with van der Waals surface area (Å²) in [6.45, 7) is 6.84. The first-order valence-corrected chi connectivity index (χ1v) is 8.94. The van der Waals surface area contributed by atoms with Crippen LogP contribution in [0.25, 0.3) is 0 Å². The van der Waals surface area contributed by atoms with Crippen LogP contribution in [-0.2, 0) is 14.8 Å². The summed E-state index contributed by atoms with van der Waals surface area (Å²) in [4.78, 5) is 13.9. The minimum absolute atomic E-state index is 0.0181. The maximum absolute atomic E-state index is 12.1. The topological polar surface area (TPSA) is 92.5 Å². The first kappa shape index (κ1) is 17.4. The van der Waals surface area contributed by atoms with E-state index in [1.54, 1.807) is 11.8 Å². The van der Waals surface area contributed by atoms with E-state index in [-0.39, 0.29) is 17.7 Å². The predicted octanol–water partition coefficient (Wildman–Crippen LogP) is 0.290. The molecule has 1 aliphatic heterocycles. The fourth-order valence-electron chi connectivity index (χ4n) is 2.40. The zero-order valence-electron chi connectivity index (χ0n) is 12.6. The Morgan fingerprint density at radius 1 is 1.35 bits per heavy atom. The SMILES string of the molecule is CCS(=O)(=O)NC1CCN(C(=O)C(N)CC(C)C)CC1. The Hall–Kier alpha value is -0.660. The quantitative estimate of drug-likeness (QED) is 0.737. The number of nitrogens with one attached hydrogen (secondary N) is 1. The molecular weight excluding hydrogens is 278 g/mol. The fourth-order valence-corrected chi connectivity index (χ4v) is 3.31. The van der Waals surface area contributed by atoms with Crippen LogP contribution < -0.4 is 10.5 Å². The number of carbonyl (C=O) groups is 1. The number of amides is 1. The Kier molecular flexibility index (Phi) is 6.42. The average Bonchev–Trinajstić information content (AvgIpc) is 2.37. The van der Waals surface area contributed by atoms with Gasteiger partial charge >= 0.3 is 0 Å². The van der Waals surface area contributed by atoms with Crippen LogP contribution in [0.5, 0.6) is 0 Å². The molecule has 118 valence electrons. The molecule has 1 heterocycles. The molecule has 0 saturated carbocycles. The number of hydrogen-bond donors (Lipinski definition) is 2. The lowest BCUT2D eigenvalue weighted by Gasteiger charge is -2.33. The normalized spacial score (nSPS) is 19.4. The number of carbonyl (C=O) groups excluding carboxylic acids is 1. The molecule has 1 rings (SSSR count). The molecule has 1 unspecified atom stereocenters. The fraction of sp³-hybridized carbons (Fsp3) is 0.923.